The van der Waals surface area contributed by atoms with Gasteiger partial charge in [-0.05, 0) is 48.4 Å². The number of carbonyl (C=O) groups is 3. The minimum absolute atomic E-state index is 0.0134. The van der Waals surface area contributed by atoms with E-state index in [-0.39, 0.29) is 43.4 Å². The standard InChI is InChI=1S/C26H32N2O5/c1-3-18(15-25(30)31)28-24(29)14-8-9-17(2)27-26(32)33-16-23-21-12-6-4-10-19(21)20-11-5-7-13-22(20)23/h4-7,10-13,17-18,23H,3,8-9,14-16H2,1-2H3,(H,27,32)(H,28,29)(H,30,31). The van der Waals surface area contributed by atoms with Crippen LogP contribution in [0.15, 0.2) is 48.5 Å². The third kappa shape index (κ3) is 6.57. The lowest BCUT2D eigenvalue weighted by Gasteiger charge is -2.18. The summed E-state index contributed by atoms with van der Waals surface area (Å²) in [5, 5.41) is 14.4. The van der Waals surface area contributed by atoms with Crippen molar-refractivity contribution in [2.24, 2.45) is 0 Å². The molecule has 0 saturated carbocycles. The highest BCUT2D eigenvalue weighted by Gasteiger charge is 2.29. The number of hydrogen-bond acceptors (Lipinski definition) is 4. The molecule has 3 rings (SSSR count). The van der Waals surface area contributed by atoms with Crippen molar-refractivity contribution in [2.45, 2.75) is 64.0 Å². The van der Waals surface area contributed by atoms with Gasteiger partial charge in [0.25, 0.3) is 0 Å². The number of hydrogen-bond donors (Lipinski definition) is 3. The molecule has 2 atom stereocenters. The average molecular weight is 453 g/mol. The number of carboxylic acid groups (broad SMARTS) is 1. The van der Waals surface area contributed by atoms with E-state index < -0.39 is 12.1 Å². The molecular weight excluding hydrogens is 420 g/mol. The number of ether oxygens (including phenoxy) is 1. The Balaban J connectivity index is 1.41. The van der Waals surface area contributed by atoms with E-state index in [1.807, 2.05) is 38.1 Å². The molecule has 33 heavy (non-hydrogen) atoms. The van der Waals surface area contributed by atoms with Gasteiger partial charge in [0.05, 0.1) is 6.42 Å². The molecule has 7 heteroatoms. The molecule has 1 aliphatic carbocycles. The number of benzene rings is 2. The lowest BCUT2D eigenvalue weighted by atomic mass is 9.98. The van der Waals surface area contributed by atoms with Gasteiger partial charge in [0, 0.05) is 24.4 Å². The van der Waals surface area contributed by atoms with Crippen LogP contribution >= 0.6 is 0 Å². The Labute approximate surface area is 194 Å². The summed E-state index contributed by atoms with van der Waals surface area (Å²) in [4.78, 5) is 35.2. The fourth-order valence-electron chi connectivity index (χ4n) is 4.29. The van der Waals surface area contributed by atoms with Crippen LogP contribution in [0.5, 0.6) is 0 Å². The molecule has 2 amide bonds. The fraction of sp³-hybridized carbons (Fsp3) is 0.423. The van der Waals surface area contributed by atoms with Gasteiger partial charge in [0.15, 0.2) is 0 Å². The molecule has 0 fully saturated rings. The van der Waals surface area contributed by atoms with E-state index in [0.29, 0.717) is 19.3 Å². The van der Waals surface area contributed by atoms with Crippen LogP contribution < -0.4 is 10.6 Å². The highest BCUT2D eigenvalue weighted by Crippen LogP contribution is 2.44. The van der Waals surface area contributed by atoms with Crippen molar-refractivity contribution >= 4 is 18.0 Å². The lowest BCUT2D eigenvalue weighted by Crippen LogP contribution is -2.36. The van der Waals surface area contributed by atoms with Crippen molar-refractivity contribution < 1.29 is 24.2 Å². The van der Waals surface area contributed by atoms with E-state index in [0.717, 1.165) is 0 Å². The van der Waals surface area contributed by atoms with Gasteiger partial charge in [0.2, 0.25) is 5.91 Å². The van der Waals surface area contributed by atoms with Gasteiger partial charge < -0.3 is 20.5 Å². The number of carboxylic acids is 1. The molecule has 2 aromatic rings. The third-order valence-corrected chi connectivity index (χ3v) is 6.03. The Morgan fingerprint density at radius 2 is 1.61 bits per heavy atom. The first-order chi connectivity index (χ1) is 15.9. The molecular formula is C26H32N2O5. The van der Waals surface area contributed by atoms with E-state index in [4.69, 9.17) is 9.84 Å². The summed E-state index contributed by atoms with van der Waals surface area (Å²) in [6.07, 6.45) is 1.50. The van der Waals surface area contributed by atoms with E-state index in [1.54, 1.807) is 0 Å². The first-order valence-electron chi connectivity index (χ1n) is 11.5. The summed E-state index contributed by atoms with van der Waals surface area (Å²) < 4.78 is 5.56. The van der Waals surface area contributed by atoms with Crippen molar-refractivity contribution in [1.29, 1.82) is 0 Å². The smallest absolute Gasteiger partial charge is 0.407 e. The molecule has 1 aliphatic rings. The monoisotopic (exact) mass is 452 g/mol. The number of amides is 2. The molecule has 3 N–H and O–H groups in total. The molecule has 0 radical (unpaired) electrons. The van der Waals surface area contributed by atoms with Crippen LogP contribution in [0.2, 0.25) is 0 Å². The summed E-state index contributed by atoms with van der Waals surface area (Å²) >= 11 is 0. The van der Waals surface area contributed by atoms with E-state index in [9.17, 15) is 14.4 Å². The Bertz CT molecular complexity index is 945. The largest absolute Gasteiger partial charge is 0.481 e. The number of aliphatic carboxylic acids is 1. The molecule has 2 unspecified atom stereocenters. The maximum absolute atomic E-state index is 12.3. The zero-order valence-electron chi connectivity index (χ0n) is 19.2. The predicted molar refractivity (Wildman–Crippen MR) is 126 cm³/mol. The number of carbonyl (C=O) groups excluding carboxylic acids is 2. The first kappa shape index (κ1) is 24.3. The van der Waals surface area contributed by atoms with Crippen LogP contribution in [0.3, 0.4) is 0 Å². The third-order valence-electron chi connectivity index (χ3n) is 6.03. The Morgan fingerprint density at radius 1 is 1.00 bits per heavy atom. The molecule has 0 saturated heterocycles. The molecule has 2 aromatic carbocycles. The molecule has 0 aromatic heterocycles. The molecule has 0 bridgehead atoms. The minimum Gasteiger partial charge on any atom is -0.481 e. The quantitative estimate of drug-likeness (QED) is 0.467. The zero-order valence-corrected chi connectivity index (χ0v) is 19.2. The zero-order chi connectivity index (χ0) is 23.8. The average Bonchev–Trinajstić information content (AvgIpc) is 3.10. The molecule has 0 heterocycles. The number of rotatable bonds is 11. The van der Waals surface area contributed by atoms with Gasteiger partial charge in [-0.1, -0.05) is 55.5 Å². The SMILES string of the molecule is CCC(CC(=O)O)NC(=O)CCCC(C)NC(=O)OCC1c2ccccc2-c2ccccc21. The van der Waals surface area contributed by atoms with Gasteiger partial charge in [-0.15, -0.1) is 0 Å². The molecule has 176 valence electrons. The molecule has 0 aliphatic heterocycles. The van der Waals surface area contributed by atoms with Crippen LogP contribution in [0.4, 0.5) is 4.79 Å². The highest BCUT2D eigenvalue weighted by atomic mass is 16.5. The van der Waals surface area contributed by atoms with E-state index in [1.165, 1.54) is 22.3 Å². The van der Waals surface area contributed by atoms with Gasteiger partial charge in [-0.3, -0.25) is 9.59 Å². The normalized spacial score (nSPS) is 14.0. The van der Waals surface area contributed by atoms with Gasteiger partial charge in [-0.25, -0.2) is 4.79 Å². The number of alkyl carbamates (subject to hydrolysis) is 1. The van der Waals surface area contributed by atoms with Gasteiger partial charge in [-0.2, -0.15) is 0 Å². The number of fused-ring (bicyclic) bond motifs is 3. The van der Waals surface area contributed by atoms with Crippen LogP contribution in [-0.4, -0.2) is 41.8 Å². The predicted octanol–water partition coefficient (Wildman–Crippen LogP) is 4.45. The maximum Gasteiger partial charge on any atom is 0.407 e. The molecule has 0 spiro atoms. The summed E-state index contributed by atoms with van der Waals surface area (Å²) in [5.41, 5.74) is 4.70. The number of nitrogens with one attached hydrogen (secondary N) is 2. The fourth-order valence-corrected chi connectivity index (χ4v) is 4.29. The van der Waals surface area contributed by atoms with E-state index in [2.05, 4.69) is 34.9 Å². The van der Waals surface area contributed by atoms with Gasteiger partial charge >= 0.3 is 12.1 Å². The summed E-state index contributed by atoms with van der Waals surface area (Å²) in [7, 11) is 0. The highest BCUT2D eigenvalue weighted by molar-refractivity contribution is 5.79. The molecule has 7 nitrogen and oxygen atoms in total. The lowest BCUT2D eigenvalue weighted by molar-refractivity contribution is -0.137. The van der Waals surface area contributed by atoms with Crippen LogP contribution in [0, 0.1) is 0 Å². The Kier molecular flexibility index (Phi) is 8.46. The maximum atomic E-state index is 12.3. The second-order valence-electron chi connectivity index (χ2n) is 8.53. The minimum atomic E-state index is -0.928. The topological polar surface area (TPSA) is 105 Å². The summed E-state index contributed by atoms with van der Waals surface area (Å²) in [5.74, 6) is -1.08. The Hall–Kier alpha value is -3.35. The first-order valence-corrected chi connectivity index (χ1v) is 11.5. The Morgan fingerprint density at radius 3 is 2.18 bits per heavy atom. The van der Waals surface area contributed by atoms with Crippen LogP contribution in [0.1, 0.15) is 63.0 Å². The van der Waals surface area contributed by atoms with Crippen molar-refractivity contribution in [3.8, 4) is 11.1 Å². The van der Waals surface area contributed by atoms with Gasteiger partial charge in [0.1, 0.15) is 6.61 Å². The summed E-state index contributed by atoms with van der Waals surface area (Å²) in [6.45, 7) is 3.98. The second kappa shape index (κ2) is 11.5. The van der Waals surface area contributed by atoms with Crippen molar-refractivity contribution in [3.63, 3.8) is 0 Å². The second-order valence-corrected chi connectivity index (χ2v) is 8.53. The van der Waals surface area contributed by atoms with Crippen LogP contribution in [-0.2, 0) is 14.3 Å². The van der Waals surface area contributed by atoms with Crippen molar-refractivity contribution in [2.75, 3.05) is 6.61 Å². The van der Waals surface area contributed by atoms with Crippen LogP contribution in [0.25, 0.3) is 11.1 Å². The van der Waals surface area contributed by atoms with Crippen molar-refractivity contribution in [1.82, 2.24) is 10.6 Å². The summed E-state index contributed by atoms with van der Waals surface area (Å²) in [6, 6.07) is 15.9. The van der Waals surface area contributed by atoms with Crippen molar-refractivity contribution in [3.05, 3.63) is 59.7 Å². The van der Waals surface area contributed by atoms with E-state index >= 15 is 0 Å².